The van der Waals surface area contributed by atoms with E-state index in [1.54, 1.807) is 0 Å². The number of nitro groups is 1. The Morgan fingerprint density at radius 1 is 1.23 bits per heavy atom. The van der Waals surface area contributed by atoms with E-state index in [1.807, 2.05) is 0 Å². The number of anilines is 2. The first-order chi connectivity index (χ1) is 12.5. The summed E-state index contributed by atoms with van der Waals surface area (Å²) >= 11 is 0. The molecule has 11 nitrogen and oxygen atoms in total. The summed E-state index contributed by atoms with van der Waals surface area (Å²) in [6.45, 7) is 2.11. The van der Waals surface area contributed by atoms with Gasteiger partial charge < -0.3 is 25.4 Å². The van der Waals surface area contributed by atoms with Gasteiger partial charge in [-0.2, -0.15) is 4.98 Å². The van der Waals surface area contributed by atoms with Gasteiger partial charge in [-0.3, -0.25) is 10.1 Å². The third kappa shape index (κ3) is 4.48. The van der Waals surface area contributed by atoms with Gasteiger partial charge >= 0.3 is 11.8 Å². The summed E-state index contributed by atoms with van der Waals surface area (Å²) in [7, 11) is 0. The summed E-state index contributed by atoms with van der Waals surface area (Å²) < 4.78 is 5.31. The first kappa shape index (κ1) is 18.1. The number of carbonyl (C=O) groups is 1. The molecule has 3 rings (SSSR count). The molecule has 0 aromatic carbocycles. The maximum Gasteiger partial charge on any atom is 0.407 e. The van der Waals surface area contributed by atoms with Gasteiger partial charge in [-0.25, -0.2) is 9.78 Å². The van der Waals surface area contributed by atoms with Crippen molar-refractivity contribution in [2.24, 2.45) is 0 Å². The lowest BCUT2D eigenvalue weighted by molar-refractivity contribution is -0.384. The maximum absolute atomic E-state index is 11.3. The lowest BCUT2D eigenvalue weighted by Crippen LogP contribution is -2.41. The summed E-state index contributed by atoms with van der Waals surface area (Å²) in [5.74, 6) is 0.501. The summed E-state index contributed by atoms with van der Waals surface area (Å²) in [6, 6.07) is 0.104. The molecule has 2 aliphatic rings. The van der Waals surface area contributed by atoms with Crippen LogP contribution in [0.15, 0.2) is 6.20 Å². The number of piperidine rings is 1. The van der Waals surface area contributed by atoms with Crippen LogP contribution in [0.3, 0.4) is 0 Å². The Bertz CT molecular complexity index is 658. The van der Waals surface area contributed by atoms with Crippen molar-refractivity contribution >= 4 is 23.5 Å². The highest BCUT2D eigenvalue weighted by molar-refractivity contribution is 5.65. The standard InChI is InChI=1S/C15H22N6O5/c22-15(23)20-5-1-10(2-6-20)17-13-12(21(24)25)9-16-14(19-13)18-11-3-7-26-8-4-11/h9-11H,1-8H2,(H,22,23)(H2,16,17,18,19). The van der Waals surface area contributed by atoms with E-state index in [2.05, 4.69) is 20.6 Å². The van der Waals surface area contributed by atoms with Crippen LogP contribution in [0.1, 0.15) is 25.7 Å². The molecule has 1 aromatic heterocycles. The number of carboxylic acid groups (broad SMARTS) is 1. The highest BCUT2D eigenvalue weighted by Gasteiger charge is 2.26. The van der Waals surface area contributed by atoms with Crippen LogP contribution >= 0.6 is 0 Å². The van der Waals surface area contributed by atoms with E-state index in [4.69, 9.17) is 9.84 Å². The van der Waals surface area contributed by atoms with E-state index in [-0.39, 0.29) is 23.6 Å². The summed E-state index contributed by atoms with van der Waals surface area (Å²) in [5, 5.41) is 26.6. The molecular formula is C15H22N6O5. The van der Waals surface area contributed by atoms with Gasteiger partial charge in [-0.1, -0.05) is 0 Å². The van der Waals surface area contributed by atoms with Crippen molar-refractivity contribution < 1.29 is 19.6 Å². The van der Waals surface area contributed by atoms with Crippen LogP contribution in [0, 0.1) is 10.1 Å². The molecule has 0 saturated carbocycles. The van der Waals surface area contributed by atoms with E-state index in [0.717, 1.165) is 12.8 Å². The number of amides is 1. The first-order valence-corrected chi connectivity index (χ1v) is 8.63. The van der Waals surface area contributed by atoms with Crippen LogP contribution in [-0.2, 0) is 4.74 Å². The monoisotopic (exact) mass is 366 g/mol. The summed E-state index contributed by atoms with van der Waals surface area (Å²) in [4.78, 5) is 31.4. The zero-order valence-electron chi connectivity index (χ0n) is 14.3. The molecule has 3 N–H and O–H groups in total. The largest absolute Gasteiger partial charge is 0.465 e. The first-order valence-electron chi connectivity index (χ1n) is 8.63. The number of rotatable bonds is 5. The van der Waals surface area contributed by atoms with Gasteiger partial charge in [0.2, 0.25) is 11.8 Å². The van der Waals surface area contributed by atoms with Crippen LogP contribution < -0.4 is 10.6 Å². The van der Waals surface area contributed by atoms with Gasteiger partial charge in [0.1, 0.15) is 6.20 Å². The number of hydrogen-bond acceptors (Lipinski definition) is 8. The summed E-state index contributed by atoms with van der Waals surface area (Å²) in [6.07, 6.45) is 3.04. The number of ether oxygens (including phenoxy) is 1. The Labute approximate surface area is 149 Å². The molecular weight excluding hydrogens is 344 g/mol. The molecule has 2 aliphatic heterocycles. The fraction of sp³-hybridized carbons (Fsp3) is 0.667. The zero-order valence-corrected chi connectivity index (χ0v) is 14.3. The predicted molar refractivity (Wildman–Crippen MR) is 92.4 cm³/mol. The Balaban J connectivity index is 1.68. The molecule has 11 heteroatoms. The van der Waals surface area contributed by atoms with Gasteiger partial charge in [0.25, 0.3) is 0 Å². The molecule has 1 amide bonds. The van der Waals surface area contributed by atoms with E-state index in [0.29, 0.717) is 45.1 Å². The zero-order chi connectivity index (χ0) is 18.5. The minimum absolute atomic E-state index is 0.0740. The SMILES string of the molecule is O=C(O)N1CCC(Nc2nc(NC3CCOCC3)ncc2[N+](=O)[O-])CC1. The highest BCUT2D eigenvalue weighted by atomic mass is 16.6. The van der Waals surface area contributed by atoms with Crippen molar-refractivity contribution in [3.8, 4) is 0 Å². The van der Waals surface area contributed by atoms with Crippen molar-refractivity contribution in [1.29, 1.82) is 0 Å². The van der Waals surface area contributed by atoms with Crippen molar-refractivity contribution in [3.05, 3.63) is 16.3 Å². The van der Waals surface area contributed by atoms with E-state index < -0.39 is 11.0 Å². The van der Waals surface area contributed by atoms with Gasteiger partial charge in [0.15, 0.2) is 0 Å². The quantitative estimate of drug-likeness (QED) is 0.522. The Kier molecular flexibility index (Phi) is 5.66. The smallest absolute Gasteiger partial charge is 0.407 e. The third-order valence-corrected chi connectivity index (χ3v) is 4.63. The normalized spacial score (nSPS) is 19.2. The van der Waals surface area contributed by atoms with E-state index >= 15 is 0 Å². The molecule has 26 heavy (non-hydrogen) atoms. The fourth-order valence-corrected chi connectivity index (χ4v) is 3.12. The third-order valence-electron chi connectivity index (χ3n) is 4.63. The van der Waals surface area contributed by atoms with Crippen LogP contribution in [0.4, 0.5) is 22.2 Å². The van der Waals surface area contributed by atoms with Crippen molar-refractivity contribution in [2.45, 2.75) is 37.8 Å². The second-order valence-corrected chi connectivity index (χ2v) is 6.40. The Morgan fingerprint density at radius 2 is 1.88 bits per heavy atom. The van der Waals surface area contributed by atoms with Crippen LogP contribution in [0.2, 0.25) is 0 Å². The minimum atomic E-state index is -0.945. The van der Waals surface area contributed by atoms with Crippen molar-refractivity contribution in [1.82, 2.24) is 14.9 Å². The highest BCUT2D eigenvalue weighted by Crippen LogP contribution is 2.25. The molecule has 1 aromatic rings. The molecule has 2 saturated heterocycles. The molecule has 2 fully saturated rings. The van der Waals surface area contributed by atoms with Gasteiger partial charge in [-0.15, -0.1) is 0 Å². The van der Waals surface area contributed by atoms with Gasteiger partial charge in [-0.05, 0) is 25.7 Å². The average molecular weight is 366 g/mol. The number of nitrogens with one attached hydrogen (secondary N) is 2. The van der Waals surface area contributed by atoms with Gasteiger partial charge in [0, 0.05) is 38.4 Å². The van der Waals surface area contributed by atoms with Crippen LogP contribution in [0.25, 0.3) is 0 Å². The molecule has 0 aliphatic carbocycles. The van der Waals surface area contributed by atoms with Crippen LogP contribution in [0.5, 0.6) is 0 Å². The van der Waals surface area contributed by atoms with E-state index in [1.165, 1.54) is 11.1 Å². The second-order valence-electron chi connectivity index (χ2n) is 6.40. The predicted octanol–water partition coefficient (Wildman–Crippen LogP) is 1.53. The number of hydrogen-bond donors (Lipinski definition) is 3. The average Bonchev–Trinajstić information content (AvgIpc) is 2.63. The Morgan fingerprint density at radius 3 is 2.50 bits per heavy atom. The van der Waals surface area contributed by atoms with Crippen molar-refractivity contribution in [3.63, 3.8) is 0 Å². The maximum atomic E-state index is 11.3. The molecule has 0 radical (unpaired) electrons. The molecule has 3 heterocycles. The molecule has 0 bridgehead atoms. The molecule has 0 atom stereocenters. The second kappa shape index (κ2) is 8.13. The molecule has 0 unspecified atom stereocenters. The Hall–Kier alpha value is -2.69. The number of nitrogens with zero attached hydrogens (tertiary/aromatic N) is 4. The number of likely N-dealkylation sites (tertiary alicyclic amines) is 1. The lowest BCUT2D eigenvalue weighted by Gasteiger charge is -2.30. The lowest BCUT2D eigenvalue weighted by atomic mass is 10.1. The van der Waals surface area contributed by atoms with Crippen molar-refractivity contribution in [2.75, 3.05) is 36.9 Å². The molecule has 0 spiro atoms. The van der Waals surface area contributed by atoms with Crippen LogP contribution in [-0.4, -0.2) is 69.4 Å². The number of aromatic nitrogens is 2. The van der Waals surface area contributed by atoms with Gasteiger partial charge in [0.05, 0.1) is 4.92 Å². The molecule has 142 valence electrons. The minimum Gasteiger partial charge on any atom is -0.465 e. The van der Waals surface area contributed by atoms with E-state index in [9.17, 15) is 14.9 Å². The topological polar surface area (TPSA) is 143 Å². The fourth-order valence-electron chi connectivity index (χ4n) is 3.12. The summed E-state index contributed by atoms with van der Waals surface area (Å²) in [5.41, 5.74) is -0.191.